The Bertz CT molecular complexity index is 316. The van der Waals surface area contributed by atoms with Crippen LogP contribution >= 0.6 is 0 Å². The Morgan fingerprint density at radius 1 is 1.29 bits per heavy atom. The van der Waals surface area contributed by atoms with Gasteiger partial charge in [-0.15, -0.1) is 0 Å². The Kier molecular flexibility index (Phi) is 5.89. The molecule has 0 aliphatic carbocycles. The number of sulfonamides is 1. The van der Waals surface area contributed by atoms with Gasteiger partial charge in [0.15, 0.2) is 0 Å². The Labute approximate surface area is 106 Å². The average molecular weight is 262 g/mol. The molecule has 1 rings (SSSR count). The molecular weight excluding hydrogens is 236 g/mol. The van der Waals surface area contributed by atoms with Gasteiger partial charge in [0.1, 0.15) is 0 Å². The Balaban J connectivity index is 2.46. The van der Waals surface area contributed by atoms with Crippen LogP contribution in [0.2, 0.25) is 0 Å². The summed E-state index contributed by atoms with van der Waals surface area (Å²) in [6.45, 7) is 5.83. The van der Waals surface area contributed by atoms with Gasteiger partial charge in [-0.05, 0) is 52.1 Å². The third-order valence-electron chi connectivity index (χ3n) is 3.51. The van der Waals surface area contributed by atoms with E-state index in [9.17, 15) is 8.42 Å². The van der Waals surface area contributed by atoms with Gasteiger partial charge in [-0.1, -0.05) is 6.92 Å². The molecule has 0 amide bonds. The van der Waals surface area contributed by atoms with Crippen LogP contribution in [0.25, 0.3) is 0 Å². The van der Waals surface area contributed by atoms with Crippen molar-refractivity contribution < 1.29 is 8.42 Å². The molecule has 1 N–H and O–H groups in total. The molecule has 1 aliphatic heterocycles. The van der Waals surface area contributed by atoms with E-state index in [4.69, 9.17) is 0 Å². The molecule has 5 heteroatoms. The van der Waals surface area contributed by atoms with E-state index in [1.54, 1.807) is 4.31 Å². The number of hydrogen-bond donors (Lipinski definition) is 1. The zero-order chi connectivity index (χ0) is 12.9. The fourth-order valence-corrected chi connectivity index (χ4v) is 4.32. The van der Waals surface area contributed by atoms with Crippen LogP contribution in [0.3, 0.4) is 0 Å². The lowest BCUT2D eigenvalue weighted by Crippen LogP contribution is -2.45. The van der Waals surface area contributed by atoms with Gasteiger partial charge in [-0.25, -0.2) is 8.42 Å². The number of rotatable bonds is 6. The first-order chi connectivity index (χ1) is 7.97. The molecule has 0 bridgehead atoms. The number of hydrogen-bond acceptors (Lipinski definition) is 3. The van der Waals surface area contributed by atoms with E-state index in [0.717, 1.165) is 32.2 Å². The van der Waals surface area contributed by atoms with Gasteiger partial charge in [0.2, 0.25) is 10.0 Å². The first-order valence-corrected chi connectivity index (χ1v) is 8.22. The van der Waals surface area contributed by atoms with E-state index in [1.165, 1.54) is 0 Å². The Morgan fingerprint density at radius 2 is 2.00 bits per heavy atom. The minimum Gasteiger partial charge on any atom is -0.320 e. The summed E-state index contributed by atoms with van der Waals surface area (Å²) in [7, 11) is -1.14. The lowest BCUT2D eigenvalue weighted by molar-refractivity contribution is 0.220. The van der Waals surface area contributed by atoms with Crippen LogP contribution in [0.15, 0.2) is 0 Å². The lowest BCUT2D eigenvalue weighted by atomic mass is 9.95. The molecule has 1 saturated heterocycles. The van der Waals surface area contributed by atoms with Crippen LogP contribution in [0.5, 0.6) is 0 Å². The van der Waals surface area contributed by atoms with E-state index < -0.39 is 10.0 Å². The summed E-state index contributed by atoms with van der Waals surface area (Å²) in [5, 5.41) is 3.04. The van der Waals surface area contributed by atoms with Crippen molar-refractivity contribution in [2.75, 3.05) is 25.9 Å². The molecule has 1 heterocycles. The summed E-state index contributed by atoms with van der Waals surface area (Å²) >= 11 is 0. The van der Waals surface area contributed by atoms with Crippen LogP contribution in [0, 0.1) is 5.92 Å². The molecule has 4 nitrogen and oxygen atoms in total. The largest absolute Gasteiger partial charge is 0.320 e. The molecule has 102 valence electrons. The minimum atomic E-state index is -3.03. The molecule has 17 heavy (non-hydrogen) atoms. The molecule has 0 aromatic heterocycles. The predicted molar refractivity (Wildman–Crippen MR) is 71.5 cm³/mol. The lowest BCUT2D eigenvalue weighted by Gasteiger charge is -2.35. The van der Waals surface area contributed by atoms with Gasteiger partial charge in [0.25, 0.3) is 0 Å². The third kappa shape index (κ3) is 4.56. The van der Waals surface area contributed by atoms with Crippen molar-refractivity contribution in [3.05, 3.63) is 0 Å². The van der Waals surface area contributed by atoms with Crippen LogP contribution in [0.1, 0.15) is 39.5 Å². The van der Waals surface area contributed by atoms with Gasteiger partial charge in [0.05, 0.1) is 5.75 Å². The van der Waals surface area contributed by atoms with Gasteiger partial charge in [-0.2, -0.15) is 4.31 Å². The maximum Gasteiger partial charge on any atom is 0.214 e. The van der Waals surface area contributed by atoms with Crippen molar-refractivity contribution in [3.63, 3.8) is 0 Å². The van der Waals surface area contributed by atoms with Gasteiger partial charge >= 0.3 is 0 Å². The quantitative estimate of drug-likeness (QED) is 0.737. The normalized spacial score (nSPS) is 27.2. The number of piperidine rings is 1. The average Bonchev–Trinajstić information content (AvgIpc) is 2.24. The monoisotopic (exact) mass is 262 g/mol. The van der Waals surface area contributed by atoms with Gasteiger partial charge < -0.3 is 5.32 Å². The number of nitrogens with one attached hydrogen (secondary N) is 1. The SMILES string of the molecule is CNCCCCS(=O)(=O)N1CCC(C)CC1C. The molecule has 0 saturated carbocycles. The van der Waals surface area contributed by atoms with E-state index in [-0.39, 0.29) is 6.04 Å². The Morgan fingerprint density at radius 3 is 2.59 bits per heavy atom. The second-order valence-corrected chi connectivity index (χ2v) is 7.26. The van der Waals surface area contributed by atoms with Crippen molar-refractivity contribution in [1.29, 1.82) is 0 Å². The van der Waals surface area contributed by atoms with E-state index in [1.807, 2.05) is 14.0 Å². The van der Waals surface area contributed by atoms with Crippen LogP contribution in [0.4, 0.5) is 0 Å². The molecule has 0 radical (unpaired) electrons. The van der Waals surface area contributed by atoms with E-state index in [0.29, 0.717) is 18.2 Å². The summed E-state index contributed by atoms with van der Waals surface area (Å²) in [5.41, 5.74) is 0. The molecule has 1 fully saturated rings. The van der Waals surface area contributed by atoms with Crippen molar-refractivity contribution in [2.24, 2.45) is 5.92 Å². The van der Waals surface area contributed by atoms with Gasteiger partial charge in [0, 0.05) is 12.6 Å². The maximum absolute atomic E-state index is 12.2. The number of nitrogens with zero attached hydrogens (tertiary/aromatic N) is 1. The number of unbranched alkanes of at least 4 members (excludes halogenated alkanes) is 1. The first-order valence-electron chi connectivity index (χ1n) is 6.61. The highest BCUT2D eigenvalue weighted by Crippen LogP contribution is 2.25. The van der Waals surface area contributed by atoms with E-state index >= 15 is 0 Å². The standard InChI is InChI=1S/C12H26N2O2S/c1-11-6-8-14(12(2)10-11)17(15,16)9-5-4-7-13-3/h11-13H,4-10H2,1-3H3. The molecule has 0 aromatic rings. The molecule has 2 atom stereocenters. The molecular formula is C12H26N2O2S. The summed E-state index contributed by atoms with van der Waals surface area (Å²) in [6.07, 6.45) is 3.67. The molecule has 2 unspecified atom stereocenters. The maximum atomic E-state index is 12.2. The highest BCUT2D eigenvalue weighted by atomic mass is 32.2. The zero-order valence-corrected chi connectivity index (χ0v) is 12.1. The first kappa shape index (κ1) is 14.9. The fraction of sp³-hybridized carbons (Fsp3) is 1.00. The van der Waals surface area contributed by atoms with Crippen molar-refractivity contribution in [2.45, 2.75) is 45.6 Å². The second-order valence-electron chi connectivity index (χ2n) is 5.22. The van der Waals surface area contributed by atoms with Crippen LogP contribution < -0.4 is 5.32 Å². The van der Waals surface area contributed by atoms with E-state index in [2.05, 4.69) is 12.2 Å². The Hall–Kier alpha value is -0.130. The highest BCUT2D eigenvalue weighted by Gasteiger charge is 2.31. The van der Waals surface area contributed by atoms with Crippen molar-refractivity contribution in [3.8, 4) is 0 Å². The van der Waals surface area contributed by atoms with Gasteiger partial charge in [-0.3, -0.25) is 0 Å². The zero-order valence-electron chi connectivity index (χ0n) is 11.3. The van der Waals surface area contributed by atoms with Crippen LogP contribution in [-0.4, -0.2) is 44.7 Å². The molecule has 1 aliphatic rings. The fourth-order valence-electron chi connectivity index (χ4n) is 2.50. The second kappa shape index (κ2) is 6.71. The smallest absolute Gasteiger partial charge is 0.214 e. The summed E-state index contributed by atoms with van der Waals surface area (Å²) in [6, 6.07) is 0.174. The topological polar surface area (TPSA) is 49.4 Å². The van der Waals surface area contributed by atoms with Crippen molar-refractivity contribution in [1.82, 2.24) is 9.62 Å². The summed E-state index contributed by atoms with van der Waals surface area (Å²) < 4.78 is 26.1. The van der Waals surface area contributed by atoms with Crippen LogP contribution in [-0.2, 0) is 10.0 Å². The summed E-state index contributed by atoms with van der Waals surface area (Å²) in [5.74, 6) is 0.952. The van der Waals surface area contributed by atoms with Crippen molar-refractivity contribution >= 4 is 10.0 Å². The molecule has 0 spiro atoms. The molecule has 0 aromatic carbocycles. The summed E-state index contributed by atoms with van der Waals surface area (Å²) in [4.78, 5) is 0. The third-order valence-corrected chi connectivity index (χ3v) is 5.58. The predicted octanol–water partition coefficient (Wildman–Crippen LogP) is 1.44. The minimum absolute atomic E-state index is 0.174. The highest BCUT2D eigenvalue weighted by molar-refractivity contribution is 7.89.